The summed E-state index contributed by atoms with van der Waals surface area (Å²) >= 11 is 0. The average molecular weight is 325 g/mol. The number of hydrogen-bond acceptors (Lipinski definition) is 8. The second-order valence-corrected chi connectivity index (χ2v) is 4.91. The van der Waals surface area contributed by atoms with Gasteiger partial charge in [-0.25, -0.2) is 0 Å². The Hall–Kier alpha value is -3.74. The Balaban J connectivity index is 2.19. The van der Waals surface area contributed by atoms with Crippen molar-refractivity contribution < 1.29 is 9.66 Å². The van der Waals surface area contributed by atoms with Crippen molar-refractivity contribution in [1.29, 1.82) is 5.26 Å². The molecule has 1 aromatic carbocycles. The van der Waals surface area contributed by atoms with Crippen LogP contribution < -0.4 is 5.73 Å². The molecule has 0 saturated carbocycles. The maximum Gasteiger partial charge on any atom is 0.515 e. The monoisotopic (exact) mass is 325 g/mol. The second-order valence-electron chi connectivity index (χ2n) is 4.91. The first-order valence-corrected chi connectivity index (χ1v) is 6.81. The molecule has 1 atom stereocenters. The molecule has 1 aliphatic rings. The molecule has 0 amide bonds. The van der Waals surface area contributed by atoms with Gasteiger partial charge in [0.25, 0.3) is 0 Å². The molecular weight excluding hydrogens is 314 g/mol. The minimum Gasteiger partial charge on any atom is -0.443 e. The maximum atomic E-state index is 10.8. The fraction of sp³-hybridized carbons (Fsp3) is 0.143. The molecule has 0 unspecified atom stereocenters. The topological polar surface area (TPSA) is 146 Å². The van der Waals surface area contributed by atoms with Crippen molar-refractivity contribution in [3.63, 3.8) is 0 Å². The van der Waals surface area contributed by atoms with Gasteiger partial charge in [-0.05, 0) is 17.4 Å². The SMILES string of the molecule is CC1=C(n2nnc([N+](=O)[O-])n2)[C@H](c2ccccc2)C(C#N)=C(N)O1. The minimum absolute atomic E-state index is 0.0257. The predicted octanol–water partition coefficient (Wildman–Crippen LogP) is 1.28. The molecule has 1 aliphatic heterocycles. The third kappa shape index (κ3) is 2.44. The molecule has 0 saturated heterocycles. The predicted molar refractivity (Wildman–Crippen MR) is 80.5 cm³/mol. The Morgan fingerprint density at radius 1 is 1.42 bits per heavy atom. The number of nitrogens with two attached hydrogens (primary N) is 1. The molecule has 0 aliphatic carbocycles. The lowest BCUT2D eigenvalue weighted by Gasteiger charge is -2.25. The van der Waals surface area contributed by atoms with Gasteiger partial charge in [-0.2, -0.15) is 5.26 Å². The number of nitrogens with zero attached hydrogens (tertiary/aromatic N) is 6. The zero-order valence-electron chi connectivity index (χ0n) is 12.4. The number of ether oxygens (including phenoxy) is 1. The van der Waals surface area contributed by atoms with Crippen molar-refractivity contribution >= 4 is 11.6 Å². The maximum absolute atomic E-state index is 10.8. The quantitative estimate of drug-likeness (QED) is 0.655. The molecule has 0 bridgehead atoms. The van der Waals surface area contributed by atoms with Crippen LogP contribution in [-0.4, -0.2) is 25.1 Å². The van der Waals surface area contributed by atoms with E-state index in [4.69, 9.17) is 10.5 Å². The summed E-state index contributed by atoms with van der Waals surface area (Å²) in [5.41, 5.74) is 7.08. The Bertz CT molecular complexity index is 908. The van der Waals surface area contributed by atoms with E-state index in [2.05, 4.69) is 15.4 Å². The van der Waals surface area contributed by atoms with E-state index in [9.17, 15) is 15.4 Å². The summed E-state index contributed by atoms with van der Waals surface area (Å²) < 4.78 is 5.39. The van der Waals surface area contributed by atoms with E-state index in [0.29, 0.717) is 11.5 Å². The summed E-state index contributed by atoms with van der Waals surface area (Å²) in [6.45, 7) is 1.61. The fourth-order valence-electron chi connectivity index (χ4n) is 2.48. The summed E-state index contributed by atoms with van der Waals surface area (Å²) in [4.78, 5) is 11.0. The molecule has 120 valence electrons. The molecule has 10 nitrogen and oxygen atoms in total. The molecule has 3 rings (SSSR count). The normalized spacial score (nSPS) is 17.4. The average Bonchev–Trinajstić information content (AvgIpc) is 3.05. The van der Waals surface area contributed by atoms with Crippen LogP contribution in [-0.2, 0) is 4.74 Å². The summed E-state index contributed by atoms with van der Waals surface area (Å²) in [7, 11) is 0. The Kier molecular flexibility index (Phi) is 3.67. The van der Waals surface area contributed by atoms with Gasteiger partial charge >= 0.3 is 5.95 Å². The number of tetrazole rings is 1. The lowest BCUT2D eigenvalue weighted by molar-refractivity contribution is -0.394. The van der Waals surface area contributed by atoms with Gasteiger partial charge in [0.15, 0.2) is 0 Å². The van der Waals surface area contributed by atoms with Crippen LogP contribution in [0, 0.1) is 21.4 Å². The highest BCUT2D eigenvalue weighted by Gasteiger charge is 2.36. The molecule has 2 aromatic rings. The number of hydrogen-bond donors (Lipinski definition) is 1. The molecule has 2 N–H and O–H groups in total. The van der Waals surface area contributed by atoms with E-state index >= 15 is 0 Å². The zero-order chi connectivity index (χ0) is 17.3. The third-order valence-electron chi connectivity index (χ3n) is 3.49. The first-order chi connectivity index (χ1) is 11.5. The van der Waals surface area contributed by atoms with Crippen LogP contribution in [0.25, 0.3) is 5.70 Å². The van der Waals surface area contributed by atoms with Crippen LogP contribution in [0.15, 0.2) is 47.5 Å². The van der Waals surface area contributed by atoms with E-state index in [1.165, 1.54) is 0 Å². The van der Waals surface area contributed by atoms with Crippen molar-refractivity contribution in [2.45, 2.75) is 12.8 Å². The van der Waals surface area contributed by atoms with Crippen molar-refractivity contribution in [3.05, 3.63) is 63.2 Å². The molecule has 0 fully saturated rings. The lowest BCUT2D eigenvalue weighted by atomic mass is 9.87. The number of allylic oxidation sites excluding steroid dienone is 3. The smallest absolute Gasteiger partial charge is 0.443 e. The van der Waals surface area contributed by atoms with E-state index in [1.807, 2.05) is 12.1 Å². The third-order valence-corrected chi connectivity index (χ3v) is 3.49. The van der Waals surface area contributed by atoms with Gasteiger partial charge in [-0.15, -0.1) is 0 Å². The van der Waals surface area contributed by atoms with Gasteiger partial charge in [-0.3, -0.25) is 0 Å². The van der Waals surface area contributed by atoms with Gasteiger partial charge in [0.1, 0.15) is 23.1 Å². The number of rotatable bonds is 3. The lowest BCUT2D eigenvalue weighted by Crippen LogP contribution is -2.23. The van der Waals surface area contributed by atoms with Gasteiger partial charge in [-0.1, -0.05) is 35.1 Å². The largest absolute Gasteiger partial charge is 0.515 e. The van der Waals surface area contributed by atoms with Crippen molar-refractivity contribution in [1.82, 2.24) is 20.2 Å². The molecule has 0 spiro atoms. The Labute approximate surface area is 135 Å². The van der Waals surface area contributed by atoms with Crippen molar-refractivity contribution in [2.24, 2.45) is 5.73 Å². The van der Waals surface area contributed by atoms with E-state index in [1.54, 1.807) is 31.2 Å². The zero-order valence-corrected chi connectivity index (χ0v) is 12.4. The highest BCUT2D eigenvalue weighted by atomic mass is 16.6. The van der Waals surface area contributed by atoms with Crippen LogP contribution in [0.4, 0.5) is 5.95 Å². The summed E-state index contributed by atoms with van der Waals surface area (Å²) in [5.74, 6) is -0.975. The molecular formula is C14H11N7O3. The molecule has 24 heavy (non-hydrogen) atoms. The summed E-state index contributed by atoms with van der Waals surface area (Å²) in [6.07, 6.45) is 0. The number of benzene rings is 1. The Morgan fingerprint density at radius 2 is 2.12 bits per heavy atom. The van der Waals surface area contributed by atoms with Crippen molar-refractivity contribution in [3.8, 4) is 6.07 Å². The summed E-state index contributed by atoms with van der Waals surface area (Å²) in [5, 5.41) is 31.1. The van der Waals surface area contributed by atoms with Crippen LogP contribution in [0.5, 0.6) is 0 Å². The second kappa shape index (κ2) is 5.81. The fourth-order valence-corrected chi connectivity index (χ4v) is 2.48. The van der Waals surface area contributed by atoms with Crippen LogP contribution in [0.2, 0.25) is 0 Å². The van der Waals surface area contributed by atoms with Crippen LogP contribution in [0.1, 0.15) is 18.4 Å². The van der Waals surface area contributed by atoms with E-state index in [0.717, 1.165) is 10.4 Å². The molecule has 0 radical (unpaired) electrons. The van der Waals surface area contributed by atoms with Gasteiger partial charge in [0.05, 0.1) is 21.3 Å². The minimum atomic E-state index is -0.754. The standard InChI is InChI=1S/C14H11N7O3/c1-8-12(20-18-14(17-19-20)21(22)23)11(9-5-3-2-4-6-9)10(7-15)13(16)24-8/h2-6,11H,16H2,1H3/t11-/m1/s1. The summed E-state index contributed by atoms with van der Waals surface area (Å²) in [6, 6.07) is 11.1. The molecule has 10 heteroatoms. The Morgan fingerprint density at radius 3 is 2.71 bits per heavy atom. The van der Waals surface area contributed by atoms with E-state index < -0.39 is 16.8 Å². The molecule has 1 aromatic heterocycles. The number of nitriles is 1. The number of aromatic nitrogens is 4. The highest BCUT2D eigenvalue weighted by molar-refractivity contribution is 5.66. The van der Waals surface area contributed by atoms with Gasteiger partial charge in [0.2, 0.25) is 5.88 Å². The van der Waals surface area contributed by atoms with Crippen LogP contribution in [0.3, 0.4) is 0 Å². The molecule has 2 heterocycles. The first-order valence-electron chi connectivity index (χ1n) is 6.81. The van der Waals surface area contributed by atoms with Gasteiger partial charge < -0.3 is 20.6 Å². The highest BCUT2D eigenvalue weighted by Crippen LogP contribution is 2.40. The van der Waals surface area contributed by atoms with Crippen LogP contribution >= 0.6 is 0 Å². The first kappa shape index (κ1) is 15.2. The van der Waals surface area contributed by atoms with Crippen molar-refractivity contribution in [2.75, 3.05) is 0 Å². The number of nitro groups is 1. The van der Waals surface area contributed by atoms with Gasteiger partial charge in [0, 0.05) is 0 Å². The van der Waals surface area contributed by atoms with E-state index in [-0.39, 0.29) is 11.5 Å².